The molecule has 1 unspecified atom stereocenters. The molecule has 35 heavy (non-hydrogen) atoms. The number of carboxylic acids is 1. The average Bonchev–Trinajstić information content (AvgIpc) is 2.86. The normalized spacial score (nSPS) is 23.0. The summed E-state index contributed by atoms with van der Waals surface area (Å²) in [5, 5.41) is 20.5. The van der Waals surface area contributed by atoms with Crippen LogP contribution in [-0.2, 0) is 0 Å². The summed E-state index contributed by atoms with van der Waals surface area (Å²) >= 11 is 0. The third-order valence-corrected chi connectivity index (χ3v) is 7.59. The van der Waals surface area contributed by atoms with Crippen molar-refractivity contribution in [1.82, 2.24) is 15.1 Å². The van der Waals surface area contributed by atoms with E-state index in [1.165, 1.54) is 27.9 Å². The van der Waals surface area contributed by atoms with Crippen molar-refractivity contribution in [3.63, 3.8) is 0 Å². The molecule has 3 N–H and O–H groups in total. The van der Waals surface area contributed by atoms with Gasteiger partial charge in [0, 0.05) is 37.1 Å². The Morgan fingerprint density at radius 1 is 1.17 bits per heavy atom. The monoisotopic (exact) mass is 472 g/mol. The van der Waals surface area contributed by atoms with Gasteiger partial charge in [-0.05, 0) is 93.6 Å². The smallest absolute Gasteiger partial charge is 0.335 e. The van der Waals surface area contributed by atoms with Crippen LogP contribution in [-0.4, -0.2) is 59.4 Å². The number of carboxylic acid groups (broad SMARTS) is 1. The number of hydrogen-bond acceptors (Lipinski definition) is 4. The molecule has 0 aromatic heterocycles. The van der Waals surface area contributed by atoms with Crippen molar-refractivity contribution in [3.05, 3.63) is 93.9 Å². The van der Waals surface area contributed by atoms with Crippen molar-refractivity contribution in [1.29, 1.82) is 5.41 Å². The number of allylic oxidation sites excluding steroid dienone is 5. The molecule has 3 heterocycles. The minimum Gasteiger partial charge on any atom is -0.478 e. The molecule has 6 heteroatoms. The lowest BCUT2D eigenvalue weighted by molar-refractivity contribution is 0.0697. The van der Waals surface area contributed by atoms with Gasteiger partial charge < -0.3 is 15.3 Å². The molecule has 1 aromatic carbocycles. The van der Waals surface area contributed by atoms with Gasteiger partial charge in [-0.1, -0.05) is 29.9 Å². The number of nitrogens with zero attached hydrogens (tertiary/aromatic N) is 2. The molecule has 0 spiro atoms. The summed E-state index contributed by atoms with van der Waals surface area (Å²) in [6, 6.07) is 7.73. The zero-order valence-electron chi connectivity index (χ0n) is 21.1. The summed E-state index contributed by atoms with van der Waals surface area (Å²) in [5.74, 6) is 0.144. The first kappa shape index (κ1) is 24.7. The number of likely N-dealkylation sites (tertiary alicyclic amines) is 1. The number of hydrogen-bond donors (Lipinski definition) is 3. The fourth-order valence-electron chi connectivity index (χ4n) is 5.11. The molecule has 6 nitrogen and oxygen atoms in total. The number of amidine groups is 1. The topological polar surface area (TPSA) is 79.7 Å². The Labute approximate surface area is 208 Å². The third-order valence-electron chi connectivity index (χ3n) is 7.59. The number of benzene rings is 1. The van der Waals surface area contributed by atoms with Gasteiger partial charge in [-0.2, -0.15) is 0 Å². The lowest BCUT2D eigenvalue weighted by atomic mass is 9.87. The average molecular weight is 473 g/mol. The second-order valence-electron chi connectivity index (χ2n) is 9.83. The Bertz CT molecular complexity index is 1150. The van der Waals surface area contributed by atoms with Gasteiger partial charge in [0.15, 0.2) is 0 Å². The molecule has 1 atom stereocenters. The van der Waals surface area contributed by atoms with E-state index < -0.39 is 5.97 Å². The number of likely N-dealkylation sites (N-methyl/N-ethyl adjacent to an activating group) is 1. The summed E-state index contributed by atoms with van der Waals surface area (Å²) < 4.78 is 0. The molecule has 0 aliphatic carbocycles. The van der Waals surface area contributed by atoms with Crippen molar-refractivity contribution in [2.75, 3.05) is 26.7 Å². The van der Waals surface area contributed by atoms with Gasteiger partial charge in [0.1, 0.15) is 5.84 Å². The second kappa shape index (κ2) is 10.5. The van der Waals surface area contributed by atoms with E-state index in [0.717, 1.165) is 38.2 Å². The predicted molar refractivity (Wildman–Crippen MR) is 142 cm³/mol. The molecule has 0 saturated carbocycles. The number of aromatic carboxylic acids is 1. The molecule has 0 radical (unpaired) electrons. The molecule has 4 rings (SSSR count). The van der Waals surface area contributed by atoms with E-state index in [9.17, 15) is 4.79 Å². The molecule has 1 saturated heterocycles. The van der Waals surface area contributed by atoms with Crippen LogP contribution in [0.15, 0.2) is 82.8 Å². The van der Waals surface area contributed by atoms with E-state index in [1.54, 1.807) is 12.1 Å². The van der Waals surface area contributed by atoms with E-state index in [1.807, 2.05) is 36.4 Å². The van der Waals surface area contributed by atoms with Crippen LogP contribution >= 0.6 is 0 Å². The Balaban J connectivity index is 1.46. The van der Waals surface area contributed by atoms with Crippen LogP contribution in [0.5, 0.6) is 0 Å². The molecular formula is C29H36N4O2. The van der Waals surface area contributed by atoms with Crippen LogP contribution < -0.4 is 5.32 Å². The quantitative estimate of drug-likeness (QED) is 0.558. The highest BCUT2D eigenvalue weighted by molar-refractivity contribution is 5.92. The fourth-order valence-corrected chi connectivity index (χ4v) is 5.11. The van der Waals surface area contributed by atoms with E-state index in [-0.39, 0.29) is 0 Å². The van der Waals surface area contributed by atoms with Gasteiger partial charge in [-0.25, -0.2) is 4.79 Å². The van der Waals surface area contributed by atoms with Crippen LogP contribution in [0.25, 0.3) is 0 Å². The van der Waals surface area contributed by atoms with Crippen molar-refractivity contribution in [2.45, 2.75) is 45.6 Å². The maximum absolute atomic E-state index is 11.1. The molecule has 0 bridgehead atoms. The third kappa shape index (κ3) is 5.49. The molecule has 1 aromatic rings. The lowest BCUT2D eigenvalue weighted by Gasteiger charge is -2.37. The second-order valence-corrected chi connectivity index (χ2v) is 9.83. The van der Waals surface area contributed by atoms with Gasteiger partial charge in [-0.15, -0.1) is 0 Å². The predicted octanol–water partition coefficient (Wildman–Crippen LogP) is 5.07. The van der Waals surface area contributed by atoms with Crippen LogP contribution in [0.2, 0.25) is 0 Å². The SMILES string of the molecule is CC1=C(/C=C(\C)C(C)N2CCC(c3ccc(C(=O)O)cc3)CC2)/C(=C2\C=CC(=N)N(C)C2)C=CN1. The number of dihydropyridines is 1. The largest absolute Gasteiger partial charge is 0.478 e. The summed E-state index contributed by atoms with van der Waals surface area (Å²) in [6.45, 7) is 9.41. The van der Waals surface area contributed by atoms with Crippen molar-refractivity contribution in [2.24, 2.45) is 0 Å². The number of carbonyl (C=O) groups is 1. The summed E-state index contributed by atoms with van der Waals surface area (Å²) in [5.41, 5.74) is 7.72. The first-order valence-electron chi connectivity index (χ1n) is 12.4. The highest BCUT2D eigenvalue weighted by atomic mass is 16.4. The number of piperidine rings is 1. The maximum atomic E-state index is 11.1. The van der Waals surface area contributed by atoms with Crippen molar-refractivity contribution >= 4 is 11.8 Å². The molecule has 3 aliphatic rings. The van der Waals surface area contributed by atoms with E-state index in [0.29, 0.717) is 23.4 Å². The zero-order valence-corrected chi connectivity index (χ0v) is 21.1. The minimum atomic E-state index is -0.874. The van der Waals surface area contributed by atoms with E-state index >= 15 is 0 Å². The first-order valence-corrected chi connectivity index (χ1v) is 12.4. The summed E-state index contributed by atoms with van der Waals surface area (Å²) in [4.78, 5) is 15.6. The van der Waals surface area contributed by atoms with Crippen LogP contribution in [0.4, 0.5) is 0 Å². The number of rotatable bonds is 5. The highest BCUT2D eigenvalue weighted by Gasteiger charge is 2.25. The Morgan fingerprint density at radius 3 is 2.49 bits per heavy atom. The maximum Gasteiger partial charge on any atom is 0.335 e. The van der Waals surface area contributed by atoms with Crippen molar-refractivity contribution in [3.8, 4) is 0 Å². The molecule has 1 fully saturated rings. The zero-order chi connectivity index (χ0) is 25.1. The molecule has 184 valence electrons. The number of nitrogens with one attached hydrogen (secondary N) is 2. The van der Waals surface area contributed by atoms with E-state index in [4.69, 9.17) is 10.5 Å². The fraction of sp³-hybridized carbons (Fsp3) is 0.379. The van der Waals surface area contributed by atoms with Crippen LogP contribution in [0, 0.1) is 5.41 Å². The standard InChI is InChI=1S/C29H36N4O2/c1-19(17-27-20(2)31-14-11-26(27)25-9-10-28(30)32(4)18-25)21(3)33-15-12-23(13-16-33)22-5-7-24(8-6-22)29(34)35/h5-11,14,17,21,23,30-31H,12-13,15-16,18H2,1-4H3,(H,34,35)/b19-17+,26-25+,30-28?. The molecular weight excluding hydrogens is 436 g/mol. The van der Waals surface area contributed by atoms with Crippen LogP contribution in [0.3, 0.4) is 0 Å². The first-order chi connectivity index (χ1) is 16.7. The minimum absolute atomic E-state index is 0.334. The Morgan fingerprint density at radius 2 is 1.86 bits per heavy atom. The summed E-state index contributed by atoms with van der Waals surface area (Å²) in [7, 11) is 1.96. The highest BCUT2D eigenvalue weighted by Crippen LogP contribution is 2.32. The van der Waals surface area contributed by atoms with Gasteiger partial charge in [0.2, 0.25) is 0 Å². The van der Waals surface area contributed by atoms with Crippen molar-refractivity contribution < 1.29 is 9.90 Å². The van der Waals surface area contributed by atoms with E-state index in [2.05, 4.69) is 49.2 Å². The Kier molecular flexibility index (Phi) is 7.41. The summed E-state index contributed by atoms with van der Waals surface area (Å²) in [6.07, 6.45) is 12.6. The molecule has 0 amide bonds. The van der Waals surface area contributed by atoms with Gasteiger partial charge in [-0.3, -0.25) is 10.3 Å². The van der Waals surface area contributed by atoms with Gasteiger partial charge in [0.05, 0.1) is 5.56 Å². The lowest BCUT2D eigenvalue weighted by Crippen LogP contribution is -2.40. The van der Waals surface area contributed by atoms with Crippen LogP contribution in [0.1, 0.15) is 55.5 Å². The van der Waals surface area contributed by atoms with Gasteiger partial charge >= 0.3 is 5.97 Å². The Hall–Kier alpha value is -3.38. The van der Waals surface area contributed by atoms with Gasteiger partial charge in [0.25, 0.3) is 0 Å². The molecule has 3 aliphatic heterocycles.